The van der Waals surface area contributed by atoms with Crippen LogP contribution >= 0.6 is 0 Å². The van der Waals surface area contributed by atoms with E-state index < -0.39 is 6.04 Å². The molecule has 0 aromatic carbocycles. The fraction of sp³-hybridized carbons (Fsp3) is 0.970. The predicted molar refractivity (Wildman–Crippen MR) is 148 cm³/mol. The molecule has 2 bridgehead atoms. The van der Waals surface area contributed by atoms with Crippen LogP contribution in [0.3, 0.4) is 0 Å². The summed E-state index contributed by atoms with van der Waals surface area (Å²) in [4.78, 5) is 12.5. The Morgan fingerprint density at radius 1 is 0.838 bits per heavy atom. The normalized spacial score (nSPS) is 54.2. The first kappa shape index (κ1) is 26.6. The zero-order chi connectivity index (χ0) is 26.8. The summed E-state index contributed by atoms with van der Waals surface area (Å²) >= 11 is 0. The summed E-state index contributed by atoms with van der Waals surface area (Å²) in [6.07, 6.45) is 13.4. The molecule has 4 nitrogen and oxygen atoms in total. The second-order valence-electron chi connectivity index (χ2n) is 16.9. The van der Waals surface area contributed by atoms with Gasteiger partial charge < -0.3 is 15.2 Å². The number of rotatable bonds is 2. The Balaban J connectivity index is 1.32. The first-order valence-corrected chi connectivity index (χ1v) is 15.7. The van der Waals surface area contributed by atoms with E-state index in [1.807, 2.05) is 0 Å². The molecule has 5 aliphatic carbocycles. The van der Waals surface area contributed by atoms with Gasteiger partial charge >= 0.3 is 5.97 Å². The highest BCUT2D eigenvalue weighted by Crippen LogP contribution is 2.78. The maximum Gasteiger partial charge on any atom is 0.322 e. The van der Waals surface area contributed by atoms with Gasteiger partial charge in [-0.2, -0.15) is 0 Å². The summed E-state index contributed by atoms with van der Waals surface area (Å²) in [5.74, 6) is 2.64. The molecule has 0 aromatic heterocycles. The quantitative estimate of drug-likeness (QED) is 0.399. The number of ether oxygens (including phenoxy) is 2. The fourth-order valence-electron chi connectivity index (χ4n) is 12.4. The molecule has 7 unspecified atom stereocenters. The highest BCUT2D eigenvalue weighted by molar-refractivity contribution is 5.75. The molecule has 210 valence electrons. The van der Waals surface area contributed by atoms with E-state index >= 15 is 0 Å². The van der Waals surface area contributed by atoms with Crippen molar-refractivity contribution in [3.8, 4) is 0 Å². The van der Waals surface area contributed by atoms with Crippen LogP contribution in [0.2, 0.25) is 0 Å². The van der Waals surface area contributed by atoms with Crippen molar-refractivity contribution < 1.29 is 14.3 Å². The lowest BCUT2D eigenvalue weighted by Gasteiger charge is -2.73. The summed E-state index contributed by atoms with van der Waals surface area (Å²) in [5.41, 5.74) is 7.69. The molecule has 11 atom stereocenters. The Kier molecular flexibility index (Phi) is 5.74. The van der Waals surface area contributed by atoms with E-state index in [0.29, 0.717) is 39.1 Å². The highest BCUT2D eigenvalue weighted by atomic mass is 16.5. The average Bonchev–Trinajstić information content (AvgIpc) is 3.15. The molecule has 5 saturated carbocycles. The number of nitrogens with two attached hydrogens (primary N) is 1. The van der Waals surface area contributed by atoms with Crippen LogP contribution < -0.4 is 5.73 Å². The van der Waals surface area contributed by atoms with Crippen LogP contribution in [0.4, 0.5) is 0 Å². The molecule has 6 fully saturated rings. The third-order valence-electron chi connectivity index (χ3n) is 14.7. The van der Waals surface area contributed by atoms with Crippen LogP contribution in [0.25, 0.3) is 0 Å². The first-order valence-electron chi connectivity index (χ1n) is 15.7. The Morgan fingerprint density at radius 3 is 2.24 bits per heavy atom. The molecule has 1 aliphatic heterocycles. The van der Waals surface area contributed by atoms with E-state index in [9.17, 15) is 4.79 Å². The maximum atomic E-state index is 12.5. The second kappa shape index (κ2) is 7.99. The number of hydrogen-bond donors (Lipinski definition) is 1. The van der Waals surface area contributed by atoms with Gasteiger partial charge in [0.1, 0.15) is 12.1 Å². The van der Waals surface area contributed by atoms with Crippen LogP contribution in [0.1, 0.15) is 120 Å². The van der Waals surface area contributed by atoms with Crippen LogP contribution in [-0.4, -0.2) is 30.8 Å². The molecular formula is C33H55NO3. The van der Waals surface area contributed by atoms with Gasteiger partial charge in [0.05, 0.1) is 12.7 Å². The molecule has 1 saturated heterocycles. The van der Waals surface area contributed by atoms with Crippen LogP contribution in [0, 0.1) is 56.2 Å². The zero-order valence-corrected chi connectivity index (χ0v) is 25.1. The molecule has 4 heteroatoms. The highest BCUT2D eigenvalue weighted by Gasteiger charge is 2.72. The van der Waals surface area contributed by atoms with E-state index in [2.05, 4.69) is 48.5 Å². The SMILES string of the molecule is CC(N)C(=O)O[C@H]1CC[C@@]2(C)C(CC[C@]3(C)C2CCC2C4C5OCC4(CCC5(C)C)CC[C@]23C)C1(C)C. The number of fused-ring (bicyclic) bond motifs is 5. The van der Waals surface area contributed by atoms with Crippen molar-refractivity contribution >= 4 is 5.97 Å². The van der Waals surface area contributed by atoms with Gasteiger partial charge in [-0.1, -0.05) is 48.5 Å². The van der Waals surface area contributed by atoms with E-state index in [-0.39, 0.29) is 17.5 Å². The van der Waals surface area contributed by atoms with Crippen LogP contribution in [0.15, 0.2) is 0 Å². The van der Waals surface area contributed by atoms with Gasteiger partial charge in [0.15, 0.2) is 0 Å². The minimum absolute atomic E-state index is 0.0202. The molecule has 1 heterocycles. The van der Waals surface area contributed by atoms with Crippen molar-refractivity contribution in [3.05, 3.63) is 0 Å². The van der Waals surface area contributed by atoms with E-state index in [0.717, 1.165) is 30.8 Å². The van der Waals surface area contributed by atoms with E-state index in [1.165, 1.54) is 57.8 Å². The number of esters is 1. The van der Waals surface area contributed by atoms with Gasteiger partial charge in [-0.25, -0.2) is 0 Å². The molecule has 0 spiro atoms. The van der Waals surface area contributed by atoms with Gasteiger partial charge in [0, 0.05) is 5.41 Å². The van der Waals surface area contributed by atoms with Gasteiger partial charge in [0.2, 0.25) is 0 Å². The van der Waals surface area contributed by atoms with Gasteiger partial charge in [-0.3, -0.25) is 4.79 Å². The minimum atomic E-state index is -0.549. The van der Waals surface area contributed by atoms with Crippen LogP contribution in [0.5, 0.6) is 0 Å². The van der Waals surface area contributed by atoms with E-state index in [4.69, 9.17) is 15.2 Å². The van der Waals surface area contributed by atoms with Crippen molar-refractivity contribution in [2.75, 3.05) is 6.61 Å². The molecular weight excluding hydrogens is 458 g/mol. The lowest BCUT2D eigenvalue weighted by molar-refractivity contribution is -0.254. The Hall–Kier alpha value is -0.610. The number of hydrogen-bond acceptors (Lipinski definition) is 4. The van der Waals surface area contributed by atoms with Crippen LogP contribution in [-0.2, 0) is 14.3 Å². The topological polar surface area (TPSA) is 61.6 Å². The standard InChI is InChI=1S/C33H55NO3/c1-20(34)27(35)37-24-12-13-30(6)22(29(24,4)5)11-14-32(8)23(30)10-9-21-25-26-28(2,3)15-17-33(25,19-36-26)18-16-31(21,32)7/h20-26H,9-19,34H2,1-8H3/t20?,21?,22?,23?,24-,25?,26?,30-,31+,32+,33?/m0/s1. The molecule has 6 aliphatic rings. The van der Waals surface area contributed by atoms with Crippen molar-refractivity contribution in [2.24, 2.45) is 61.9 Å². The average molecular weight is 514 g/mol. The predicted octanol–water partition coefficient (Wildman–Crippen LogP) is 7.14. The molecule has 0 radical (unpaired) electrons. The van der Waals surface area contributed by atoms with Crippen molar-refractivity contribution in [2.45, 2.75) is 138 Å². The molecule has 2 N–H and O–H groups in total. The third kappa shape index (κ3) is 3.30. The largest absolute Gasteiger partial charge is 0.461 e. The van der Waals surface area contributed by atoms with Gasteiger partial charge in [-0.05, 0) is 122 Å². The zero-order valence-electron chi connectivity index (χ0n) is 25.1. The lowest BCUT2D eigenvalue weighted by Crippen LogP contribution is -2.68. The smallest absolute Gasteiger partial charge is 0.322 e. The maximum absolute atomic E-state index is 12.5. The van der Waals surface area contributed by atoms with Crippen molar-refractivity contribution in [1.29, 1.82) is 0 Å². The Bertz CT molecular complexity index is 957. The molecule has 6 rings (SSSR count). The monoisotopic (exact) mass is 513 g/mol. The van der Waals surface area contributed by atoms with Crippen molar-refractivity contribution in [3.63, 3.8) is 0 Å². The summed E-state index contributed by atoms with van der Waals surface area (Å²) < 4.78 is 12.8. The Morgan fingerprint density at radius 2 is 1.54 bits per heavy atom. The van der Waals surface area contributed by atoms with Gasteiger partial charge in [-0.15, -0.1) is 0 Å². The van der Waals surface area contributed by atoms with Crippen molar-refractivity contribution in [1.82, 2.24) is 0 Å². The summed E-state index contributed by atoms with van der Waals surface area (Å²) in [6, 6.07) is -0.549. The number of carbonyl (C=O) groups is 1. The summed E-state index contributed by atoms with van der Waals surface area (Å²) in [7, 11) is 0. The molecule has 37 heavy (non-hydrogen) atoms. The fourth-order valence-corrected chi connectivity index (χ4v) is 12.4. The third-order valence-corrected chi connectivity index (χ3v) is 14.7. The lowest BCUT2D eigenvalue weighted by atomic mass is 9.31. The molecule has 0 amide bonds. The Labute approximate surface area is 226 Å². The summed E-state index contributed by atoms with van der Waals surface area (Å²) in [6.45, 7) is 20.6. The second-order valence-corrected chi connectivity index (χ2v) is 16.9. The first-order chi connectivity index (χ1) is 17.1. The molecule has 0 aromatic rings. The van der Waals surface area contributed by atoms with E-state index in [1.54, 1.807) is 6.92 Å². The number of carbonyl (C=O) groups excluding carboxylic acids is 1. The van der Waals surface area contributed by atoms with Gasteiger partial charge in [0.25, 0.3) is 0 Å². The minimum Gasteiger partial charge on any atom is -0.461 e. The summed E-state index contributed by atoms with van der Waals surface area (Å²) in [5, 5.41) is 0.